The van der Waals surface area contributed by atoms with Crippen molar-refractivity contribution in [1.29, 1.82) is 0 Å². The number of nitrogens with one attached hydrogen (secondary N) is 1. The van der Waals surface area contributed by atoms with E-state index in [1.807, 2.05) is 37.3 Å². The summed E-state index contributed by atoms with van der Waals surface area (Å²) in [6.45, 7) is 3.80. The van der Waals surface area contributed by atoms with Crippen molar-refractivity contribution in [3.8, 4) is 5.75 Å². The normalized spacial score (nSPS) is 16.8. The lowest BCUT2D eigenvalue weighted by molar-refractivity contribution is -0.121. The molecule has 1 amide bonds. The molecule has 1 aliphatic rings. The molecule has 2 aromatic carbocycles. The Bertz CT molecular complexity index is 930. The zero-order chi connectivity index (χ0) is 19.5. The minimum atomic E-state index is -0.164. The van der Waals surface area contributed by atoms with E-state index in [1.165, 1.54) is 9.71 Å². The Morgan fingerprint density at radius 1 is 1.21 bits per heavy atom. The van der Waals surface area contributed by atoms with Crippen LogP contribution in [-0.4, -0.2) is 42.0 Å². The molecule has 0 aliphatic carbocycles. The second-order valence-electron chi connectivity index (χ2n) is 7.23. The molecule has 146 valence electrons. The van der Waals surface area contributed by atoms with Crippen molar-refractivity contribution in [1.82, 2.24) is 9.88 Å². The number of rotatable bonds is 5. The quantitative estimate of drug-likeness (QED) is 0.690. The van der Waals surface area contributed by atoms with Gasteiger partial charge < -0.3 is 10.1 Å². The molecule has 1 saturated heterocycles. The Kier molecular flexibility index (Phi) is 5.59. The number of likely N-dealkylation sites (tertiary alicyclic amines) is 1. The lowest BCUT2D eigenvalue weighted by Gasteiger charge is -2.34. The Morgan fingerprint density at radius 2 is 2.00 bits per heavy atom. The third-order valence-electron chi connectivity index (χ3n) is 5.45. The monoisotopic (exact) mass is 395 g/mol. The summed E-state index contributed by atoms with van der Waals surface area (Å²) in [5.41, 5.74) is 1.86. The predicted octanol–water partition coefficient (Wildman–Crippen LogP) is 4.51. The summed E-state index contributed by atoms with van der Waals surface area (Å²) < 4.78 is 6.48. The van der Waals surface area contributed by atoms with E-state index in [-0.39, 0.29) is 11.9 Å². The Morgan fingerprint density at radius 3 is 2.75 bits per heavy atom. The van der Waals surface area contributed by atoms with E-state index in [2.05, 4.69) is 28.4 Å². The highest BCUT2D eigenvalue weighted by Crippen LogP contribution is 2.34. The molecule has 6 heteroatoms. The molecule has 1 fully saturated rings. The number of hydrogen-bond donors (Lipinski definition) is 1. The molecular formula is C22H25N3O2S. The Labute approximate surface area is 169 Å². The van der Waals surface area contributed by atoms with Crippen molar-refractivity contribution < 1.29 is 9.53 Å². The highest BCUT2D eigenvalue weighted by Gasteiger charge is 2.28. The second kappa shape index (κ2) is 8.29. The summed E-state index contributed by atoms with van der Waals surface area (Å²) >= 11 is 1.80. The summed E-state index contributed by atoms with van der Waals surface area (Å²) in [6, 6.07) is 15.6. The minimum absolute atomic E-state index is 0.0201. The number of para-hydroxylation sites is 1. The molecule has 28 heavy (non-hydrogen) atoms. The van der Waals surface area contributed by atoms with Crippen LogP contribution in [0.25, 0.3) is 10.2 Å². The molecule has 0 spiro atoms. The van der Waals surface area contributed by atoms with Crippen molar-refractivity contribution in [2.45, 2.75) is 31.7 Å². The maximum atomic E-state index is 12.7. The number of piperidine rings is 1. The van der Waals surface area contributed by atoms with Crippen molar-refractivity contribution in [2.24, 2.45) is 0 Å². The fourth-order valence-electron chi connectivity index (χ4n) is 3.71. The SMILES string of the molecule is COc1cccc(NC(=O)[C@H](C)N2CCC(c3nc4ccccc4s3)CC2)c1. The first kappa shape index (κ1) is 18.9. The van der Waals surface area contributed by atoms with Crippen molar-refractivity contribution in [2.75, 3.05) is 25.5 Å². The molecule has 1 N–H and O–H groups in total. The van der Waals surface area contributed by atoms with Crippen molar-refractivity contribution in [3.05, 3.63) is 53.5 Å². The Balaban J connectivity index is 1.35. The molecular weight excluding hydrogens is 370 g/mol. The molecule has 0 bridgehead atoms. The maximum absolute atomic E-state index is 12.7. The lowest BCUT2D eigenvalue weighted by atomic mass is 9.96. The zero-order valence-electron chi connectivity index (χ0n) is 16.2. The van der Waals surface area contributed by atoms with Crippen LogP contribution in [0.2, 0.25) is 0 Å². The van der Waals surface area contributed by atoms with Gasteiger partial charge in [0, 0.05) is 17.7 Å². The second-order valence-corrected chi connectivity index (χ2v) is 8.29. The van der Waals surface area contributed by atoms with Crippen LogP contribution >= 0.6 is 11.3 Å². The zero-order valence-corrected chi connectivity index (χ0v) is 17.0. The highest BCUT2D eigenvalue weighted by molar-refractivity contribution is 7.18. The molecule has 3 aromatic rings. The number of thiazole rings is 1. The van der Waals surface area contributed by atoms with Gasteiger partial charge in [0.05, 0.1) is 28.4 Å². The summed E-state index contributed by atoms with van der Waals surface area (Å²) in [5.74, 6) is 1.25. The third-order valence-corrected chi connectivity index (χ3v) is 6.65. The number of carbonyl (C=O) groups is 1. The van der Waals surface area contributed by atoms with Gasteiger partial charge >= 0.3 is 0 Å². The number of amides is 1. The van der Waals surface area contributed by atoms with Gasteiger partial charge in [-0.1, -0.05) is 18.2 Å². The van der Waals surface area contributed by atoms with Crippen molar-refractivity contribution in [3.63, 3.8) is 0 Å². The average molecular weight is 396 g/mol. The van der Waals surface area contributed by atoms with Crippen LogP contribution in [0.1, 0.15) is 30.7 Å². The third kappa shape index (κ3) is 4.03. The van der Waals surface area contributed by atoms with E-state index < -0.39 is 0 Å². The maximum Gasteiger partial charge on any atom is 0.241 e. The number of anilines is 1. The number of fused-ring (bicyclic) bond motifs is 1. The van der Waals surface area contributed by atoms with E-state index >= 15 is 0 Å². The molecule has 5 nitrogen and oxygen atoms in total. The van der Waals surface area contributed by atoms with E-state index in [1.54, 1.807) is 18.4 Å². The molecule has 1 atom stereocenters. The summed E-state index contributed by atoms with van der Waals surface area (Å²) in [6.07, 6.45) is 2.08. The van der Waals surface area contributed by atoms with E-state index in [0.717, 1.165) is 42.9 Å². The van der Waals surface area contributed by atoms with Crippen LogP contribution in [0.5, 0.6) is 5.75 Å². The first-order chi connectivity index (χ1) is 13.6. The van der Waals surface area contributed by atoms with Crippen LogP contribution in [-0.2, 0) is 4.79 Å². The van der Waals surface area contributed by atoms with E-state index in [4.69, 9.17) is 9.72 Å². The van der Waals surface area contributed by atoms with Gasteiger partial charge in [0.1, 0.15) is 5.75 Å². The van der Waals surface area contributed by atoms with Gasteiger partial charge in [-0.3, -0.25) is 9.69 Å². The smallest absolute Gasteiger partial charge is 0.241 e. The summed E-state index contributed by atoms with van der Waals surface area (Å²) in [5, 5.41) is 4.23. The van der Waals surface area contributed by atoms with Gasteiger partial charge in [-0.25, -0.2) is 4.98 Å². The number of carbonyl (C=O) groups excluding carboxylic acids is 1. The first-order valence-corrected chi connectivity index (χ1v) is 10.5. The van der Waals surface area contributed by atoms with Crippen LogP contribution < -0.4 is 10.1 Å². The van der Waals surface area contributed by atoms with Gasteiger partial charge in [-0.2, -0.15) is 0 Å². The van der Waals surface area contributed by atoms with E-state index in [0.29, 0.717) is 5.92 Å². The number of benzene rings is 2. The highest BCUT2D eigenvalue weighted by atomic mass is 32.1. The molecule has 4 rings (SSSR count). The predicted molar refractivity (Wildman–Crippen MR) is 114 cm³/mol. The number of ether oxygens (including phenoxy) is 1. The molecule has 0 saturated carbocycles. The van der Waals surface area contributed by atoms with E-state index in [9.17, 15) is 4.79 Å². The first-order valence-electron chi connectivity index (χ1n) is 9.68. The van der Waals surface area contributed by atoms with Crippen LogP contribution in [0, 0.1) is 0 Å². The lowest BCUT2D eigenvalue weighted by Crippen LogP contribution is -2.45. The fraction of sp³-hybridized carbons (Fsp3) is 0.364. The molecule has 0 unspecified atom stereocenters. The van der Waals surface area contributed by atoms with Gasteiger partial charge in [0.25, 0.3) is 0 Å². The van der Waals surface area contributed by atoms with Crippen LogP contribution in [0.3, 0.4) is 0 Å². The van der Waals surface area contributed by atoms with Gasteiger partial charge in [-0.05, 0) is 57.1 Å². The summed E-state index contributed by atoms with van der Waals surface area (Å²) in [4.78, 5) is 19.8. The number of aromatic nitrogens is 1. The van der Waals surface area contributed by atoms with Crippen LogP contribution in [0.15, 0.2) is 48.5 Å². The molecule has 2 heterocycles. The molecule has 1 aliphatic heterocycles. The average Bonchev–Trinajstić information content (AvgIpc) is 3.17. The fourth-order valence-corrected chi connectivity index (χ4v) is 4.85. The Hall–Kier alpha value is -2.44. The van der Waals surface area contributed by atoms with Crippen molar-refractivity contribution >= 4 is 33.1 Å². The number of methoxy groups -OCH3 is 1. The standard InChI is InChI=1S/C22H25N3O2S/c1-15(21(26)23-17-6-5-7-18(14-17)27-2)25-12-10-16(11-13-25)22-24-19-8-3-4-9-20(19)28-22/h3-9,14-16H,10-13H2,1-2H3,(H,23,26)/t15-/m0/s1. The topological polar surface area (TPSA) is 54.5 Å². The summed E-state index contributed by atoms with van der Waals surface area (Å²) in [7, 11) is 1.62. The molecule has 0 radical (unpaired) electrons. The molecule has 1 aromatic heterocycles. The van der Waals surface area contributed by atoms with Gasteiger partial charge in [0.2, 0.25) is 5.91 Å². The van der Waals surface area contributed by atoms with Crippen LogP contribution in [0.4, 0.5) is 5.69 Å². The minimum Gasteiger partial charge on any atom is -0.497 e. The number of nitrogens with zero attached hydrogens (tertiary/aromatic N) is 2. The van der Waals surface area contributed by atoms with Gasteiger partial charge in [0.15, 0.2) is 0 Å². The number of hydrogen-bond acceptors (Lipinski definition) is 5. The van der Waals surface area contributed by atoms with Gasteiger partial charge in [-0.15, -0.1) is 11.3 Å². The largest absolute Gasteiger partial charge is 0.497 e.